The van der Waals surface area contributed by atoms with Crippen molar-refractivity contribution in [2.24, 2.45) is 0 Å². The molecule has 4 fully saturated rings. The van der Waals surface area contributed by atoms with Crippen LogP contribution in [0.1, 0.15) is 26.2 Å². The van der Waals surface area contributed by atoms with E-state index in [9.17, 15) is 4.79 Å². The molecule has 0 aromatic carbocycles. The maximum Gasteiger partial charge on any atom is 0.219 e. The summed E-state index contributed by atoms with van der Waals surface area (Å²) in [5.74, 6) is 0.219. The first kappa shape index (κ1) is 13.0. The van der Waals surface area contributed by atoms with Gasteiger partial charge in [-0.15, -0.1) is 0 Å². The maximum atomic E-state index is 11.8. The summed E-state index contributed by atoms with van der Waals surface area (Å²) in [6.07, 6.45) is 4.14. The summed E-state index contributed by atoms with van der Waals surface area (Å²) in [7, 11) is 0. The van der Waals surface area contributed by atoms with E-state index in [0.29, 0.717) is 6.04 Å². The summed E-state index contributed by atoms with van der Waals surface area (Å²) < 4.78 is 5.64. The third-order valence-electron chi connectivity index (χ3n) is 5.78. The van der Waals surface area contributed by atoms with Gasteiger partial charge in [0.1, 0.15) is 0 Å². The molecule has 0 aromatic rings. The molecule has 0 bridgehead atoms. The van der Waals surface area contributed by atoms with E-state index in [1.165, 1.54) is 19.3 Å². The van der Waals surface area contributed by atoms with Gasteiger partial charge in [-0.1, -0.05) is 6.42 Å². The lowest BCUT2D eigenvalue weighted by Gasteiger charge is -2.65. The molecule has 5 heteroatoms. The Hall–Kier alpha value is -0.650. The highest BCUT2D eigenvalue weighted by Gasteiger charge is 2.56. The number of fused-ring (bicyclic) bond motifs is 2. The van der Waals surface area contributed by atoms with Crippen LogP contribution in [0.5, 0.6) is 0 Å². The van der Waals surface area contributed by atoms with E-state index in [1.807, 2.05) is 4.90 Å². The van der Waals surface area contributed by atoms with E-state index in [1.54, 1.807) is 6.92 Å². The van der Waals surface area contributed by atoms with Crippen LogP contribution in [0.2, 0.25) is 0 Å². The van der Waals surface area contributed by atoms with Gasteiger partial charge in [-0.3, -0.25) is 14.6 Å². The number of ether oxygens (including phenoxy) is 1. The minimum Gasteiger partial charge on any atom is -0.378 e. The Morgan fingerprint density at radius 3 is 2.65 bits per heavy atom. The number of rotatable bonds is 1. The molecule has 3 heterocycles. The molecule has 1 aliphatic carbocycles. The van der Waals surface area contributed by atoms with Crippen molar-refractivity contribution in [1.29, 1.82) is 0 Å². The molecular weight excluding hydrogens is 254 g/mol. The highest BCUT2D eigenvalue weighted by Crippen LogP contribution is 2.40. The number of carbonyl (C=O) groups excluding carboxylic acids is 1. The highest BCUT2D eigenvalue weighted by atomic mass is 16.5. The predicted octanol–water partition coefficient (Wildman–Crippen LogP) is 0.156. The molecule has 1 spiro atoms. The third-order valence-corrected chi connectivity index (χ3v) is 5.78. The molecule has 1 atom stereocenters. The fourth-order valence-electron chi connectivity index (χ4n) is 4.44. The molecule has 3 saturated heterocycles. The first-order valence-electron chi connectivity index (χ1n) is 8.02. The van der Waals surface area contributed by atoms with Crippen molar-refractivity contribution < 1.29 is 9.53 Å². The van der Waals surface area contributed by atoms with Crippen molar-refractivity contribution >= 4 is 5.91 Å². The lowest BCUT2D eigenvalue weighted by atomic mass is 9.78. The molecule has 1 amide bonds. The third kappa shape index (κ3) is 1.90. The van der Waals surface area contributed by atoms with Crippen molar-refractivity contribution in [3.05, 3.63) is 0 Å². The molecule has 0 radical (unpaired) electrons. The molecule has 1 saturated carbocycles. The lowest BCUT2D eigenvalue weighted by molar-refractivity contribution is -0.182. The zero-order valence-corrected chi connectivity index (χ0v) is 12.4. The second-order valence-electron chi connectivity index (χ2n) is 7.04. The Kier molecular flexibility index (Phi) is 3.05. The topological polar surface area (TPSA) is 36.0 Å². The number of piperazine rings is 1. The lowest BCUT2D eigenvalue weighted by Crippen LogP contribution is -2.82. The minimum atomic E-state index is 0.216. The van der Waals surface area contributed by atoms with Crippen LogP contribution in [-0.4, -0.2) is 84.2 Å². The number of morpholine rings is 1. The van der Waals surface area contributed by atoms with Crippen LogP contribution in [0.3, 0.4) is 0 Å². The second-order valence-corrected chi connectivity index (χ2v) is 7.04. The fourth-order valence-corrected chi connectivity index (χ4v) is 4.44. The molecule has 4 aliphatic rings. The standard InChI is InChI=1S/C15H25N3O2/c1-12(19)16-7-14-8-20-6-5-18(14)15(9-16)10-17(11-15)13-3-2-4-13/h13-14H,2-11H2,1H3/t14-/m1/s1. The van der Waals surface area contributed by atoms with E-state index in [4.69, 9.17) is 4.74 Å². The van der Waals surface area contributed by atoms with Gasteiger partial charge in [-0.25, -0.2) is 0 Å². The molecule has 3 aliphatic heterocycles. The van der Waals surface area contributed by atoms with Crippen molar-refractivity contribution in [3.8, 4) is 0 Å². The van der Waals surface area contributed by atoms with Gasteiger partial charge in [0.15, 0.2) is 0 Å². The van der Waals surface area contributed by atoms with Crippen molar-refractivity contribution in [2.75, 3.05) is 45.9 Å². The van der Waals surface area contributed by atoms with Crippen molar-refractivity contribution in [3.63, 3.8) is 0 Å². The van der Waals surface area contributed by atoms with Crippen LogP contribution in [-0.2, 0) is 9.53 Å². The van der Waals surface area contributed by atoms with Gasteiger partial charge in [0.05, 0.1) is 24.8 Å². The number of hydrogen-bond acceptors (Lipinski definition) is 4. The summed E-state index contributed by atoms with van der Waals surface area (Å²) in [6, 6.07) is 1.23. The monoisotopic (exact) mass is 279 g/mol. The Morgan fingerprint density at radius 2 is 2.00 bits per heavy atom. The molecule has 112 valence electrons. The van der Waals surface area contributed by atoms with Gasteiger partial charge >= 0.3 is 0 Å². The number of carbonyl (C=O) groups is 1. The van der Waals surface area contributed by atoms with Gasteiger partial charge in [0.2, 0.25) is 5.91 Å². The zero-order valence-electron chi connectivity index (χ0n) is 12.4. The first-order valence-corrected chi connectivity index (χ1v) is 8.02. The molecule has 0 aromatic heterocycles. The van der Waals surface area contributed by atoms with E-state index >= 15 is 0 Å². The van der Waals surface area contributed by atoms with Crippen LogP contribution < -0.4 is 0 Å². The number of amides is 1. The van der Waals surface area contributed by atoms with Crippen LogP contribution >= 0.6 is 0 Å². The Balaban J connectivity index is 1.51. The van der Waals surface area contributed by atoms with Gasteiger partial charge in [0, 0.05) is 45.7 Å². The van der Waals surface area contributed by atoms with Gasteiger partial charge < -0.3 is 9.64 Å². The smallest absolute Gasteiger partial charge is 0.219 e. The van der Waals surface area contributed by atoms with E-state index in [0.717, 1.165) is 52.0 Å². The summed E-state index contributed by atoms with van der Waals surface area (Å²) in [5, 5.41) is 0. The molecule has 0 N–H and O–H groups in total. The van der Waals surface area contributed by atoms with Crippen molar-refractivity contribution in [2.45, 2.75) is 43.8 Å². The quantitative estimate of drug-likeness (QED) is 0.685. The first-order chi connectivity index (χ1) is 9.68. The Morgan fingerprint density at radius 1 is 1.20 bits per heavy atom. The highest BCUT2D eigenvalue weighted by molar-refractivity contribution is 5.73. The summed E-state index contributed by atoms with van der Waals surface area (Å²) >= 11 is 0. The summed E-state index contributed by atoms with van der Waals surface area (Å²) in [4.78, 5) is 19.2. The summed E-state index contributed by atoms with van der Waals surface area (Å²) in [6.45, 7) is 8.44. The maximum absolute atomic E-state index is 11.8. The van der Waals surface area contributed by atoms with Crippen LogP contribution in [0.25, 0.3) is 0 Å². The van der Waals surface area contributed by atoms with Crippen LogP contribution in [0.15, 0.2) is 0 Å². The molecular formula is C15H25N3O2. The SMILES string of the molecule is CC(=O)N1C[C@@H]2COCCN2C2(C1)CN(C1CCC1)C2. The van der Waals surface area contributed by atoms with E-state index in [2.05, 4.69) is 9.80 Å². The molecule has 4 rings (SSSR count). The molecule has 0 unspecified atom stereocenters. The Labute approximate surface area is 120 Å². The van der Waals surface area contributed by atoms with Gasteiger partial charge in [-0.05, 0) is 12.8 Å². The van der Waals surface area contributed by atoms with Crippen LogP contribution in [0.4, 0.5) is 0 Å². The Bertz CT molecular complexity index is 404. The second kappa shape index (κ2) is 4.68. The van der Waals surface area contributed by atoms with Gasteiger partial charge in [0.25, 0.3) is 0 Å². The fraction of sp³-hybridized carbons (Fsp3) is 0.933. The average Bonchev–Trinajstić information content (AvgIpc) is 2.34. The van der Waals surface area contributed by atoms with E-state index in [-0.39, 0.29) is 11.4 Å². The summed E-state index contributed by atoms with van der Waals surface area (Å²) in [5.41, 5.74) is 0.216. The predicted molar refractivity (Wildman–Crippen MR) is 75.5 cm³/mol. The number of hydrogen-bond donors (Lipinski definition) is 0. The number of likely N-dealkylation sites (tertiary alicyclic amines) is 1. The van der Waals surface area contributed by atoms with Crippen molar-refractivity contribution in [1.82, 2.24) is 14.7 Å². The number of nitrogens with zero attached hydrogens (tertiary/aromatic N) is 3. The largest absolute Gasteiger partial charge is 0.378 e. The normalized spacial score (nSPS) is 34.5. The van der Waals surface area contributed by atoms with E-state index < -0.39 is 0 Å². The molecule has 20 heavy (non-hydrogen) atoms. The average molecular weight is 279 g/mol. The van der Waals surface area contributed by atoms with Gasteiger partial charge in [-0.2, -0.15) is 0 Å². The van der Waals surface area contributed by atoms with Crippen LogP contribution in [0, 0.1) is 0 Å². The molecule has 5 nitrogen and oxygen atoms in total. The minimum absolute atomic E-state index is 0.216. The zero-order chi connectivity index (χ0) is 13.7.